The van der Waals surface area contributed by atoms with Crippen molar-refractivity contribution in [2.45, 2.75) is 74.1 Å². The van der Waals surface area contributed by atoms with Crippen molar-refractivity contribution in [3.05, 3.63) is 0 Å². The molecule has 4 heteroatoms. The van der Waals surface area contributed by atoms with Crippen LogP contribution >= 0.6 is 0 Å². The molecule has 1 amide bonds. The minimum Gasteiger partial charge on any atom is -0.381 e. The van der Waals surface area contributed by atoms with Crippen molar-refractivity contribution in [1.29, 1.82) is 0 Å². The van der Waals surface area contributed by atoms with Gasteiger partial charge in [0.1, 0.15) is 0 Å². The van der Waals surface area contributed by atoms with E-state index in [2.05, 4.69) is 33.0 Å². The first-order chi connectivity index (χ1) is 10.9. The van der Waals surface area contributed by atoms with E-state index in [9.17, 15) is 4.79 Å². The number of ether oxygens (including phenoxy) is 2. The van der Waals surface area contributed by atoms with Gasteiger partial charge in [-0.05, 0) is 25.2 Å². The number of hydrogen-bond donors (Lipinski definition) is 1. The maximum absolute atomic E-state index is 11.0. The Bertz CT molecular complexity index is 265. The van der Waals surface area contributed by atoms with Gasteiger partial charge in [0, 0.05) is 31.6 Å². The number of carbonyl (C=O) groups is 1. The molecule has 23 heavy (non-hydrogen) atoms. The number of rotatable bonds is 13. The number of hydrogen-bond acceptors (Lipinski definition) is 3. The van der Waals surface area contributed by atoms with Gasteiger partial charge >= 0.3 is 0 Å². The molecule has 0 spiro atoms. The molecule has 0 saturated heterocycles. The fraction of sp³-hybridized carbons (Fsp3) is 0.947. The molecule has 0 aromatic rings. The first-order valence-corrected chi connectivity index (χ1v) is 9.29. The molecule has 0 atom stereocenters. The zero-order chi connectivity index (χ0) is 18.1. The zero-order valence-corrected chi connectivity index (χ0v) is 16.7. The van der Waals surface area contributed by atoms with E-state index >= 15 is 0 Å². The van der Waals surface area contributed by atoms with Crippen LogP contribution in [0.1, 0.15) is 74.1 Å². The summed E-state index contributed by atoms with van der Waals surface area (Å²) < 4.78 is 11.4. The lowest BCUT2D eigenvalue weighted by molar-refractivity contribution is -0.120. The van der Waals surface area contributed by atoms with Crippen LogP contribution in [-0.2, 0) is 14.3 Å². The maximum Gasteiger partial charge on any atom is 0.219 e. The summed E-state index contributed by atoms with van der Waals surface area (Å²) in [5.74, 6) is 0.850. The third kappa shape index (κ3) is 19.3. The van der Waals surface area contributed by atoms with Gasteiger partial charge in [0.05, 0.1) is 13.2 Å². The molecular formula is C19H41NO3. The molecule has 0 rings (SSSR count). The Labute approximate surface area is 144 Å². The Kier molecular flexibility index (Phi) is 17.4. The Morgan fingerprint density at radius 1 is 1.04 bits per heavy atom. The van der Waals surface area contributed by atoms with Crippen LogP contribution in [0.3, 0.4) is 0 Å². The standard InChI is InChI=1S/C17H35NO3.C2H6/c1-6-16(19)18-10-8-12-21-14-17(4,5)13-20-11-7-9-15(2)3;1-2/h15H,6-14H2,1-5H3,(H,18,19);1-2H3. The van der Waals surface area contributed by atoms with Crippen LogP contribution in [0, 0.1) is 11.3 Å². The number of amides is 1. The van der Waals surface area contributed by atoms with Crippen LogP contribution in [0.2, 0.25) is 0 Å². The molecule has 0 aliphatic heterocycles. The van der Waals surface area contributed by atoms with Gasteiger partial charge in [0.15, 0.2) is 0 Å². The summed E-state index contributed by atoms with van der Waals surface area (Å²) in [5, 5.41) is 2.84. The highest BCUT2D eigenvalue weighted by molar-refractivity contribution is 5.75. The van der Waals surface area contributed by atoms with Crippen molar-refractivity contribution < 1.29 is 14.3 Å². The van der Waals surface area contributed by atoms with E-state index in [-0.39, 0.29) is 11.3 Å². The predicted octanol–water partition coefficient (Wildman–Crippen LogP) is 4.42. The van der Waals surface area contributed by atoms with Gasteiger partial charge in [-0.15, -0.1) is 0 Å². The smallest absolute Gasteiger partial charge is 0.219 e. The number of nitrogens with one attached hydrogen (secondary N) is 1. The molecule has 4 nitrogen and oxygen atoms in total. The van der Waals surface area contributed by atoms with E-state index < -0.39 is 0 Å². The molecule has 0 aliphatic carbocycles. The molecule has 0 unspecified atom stereocenters. The summed E-state index contributed by atoms with van der Waals surface area (Å²) in [7, 11) is 0. The van der Waals surface area contributed by atoms with Crippen LogP contribution in [0.15, 0.2) is 0 Å². The summed E-state index contributed by atoms with van der Waals surface area (Å²) >= 11 is 0. The van der Waals surface area contributed by atoms with Crippen LogP contribution in [0.4, 0.5) is 0 Å². The third-order valence-corrected chi connectivity index (χ3v) is 3.16. The highest BCUT2D eigenvalue weighted by atomic mass is 16.5. The first kappa shape index (κ1) is 24.6. The third-order valence-electron chi connectivity index (χ3n) is 3.16. The van der Waals surface area contributed by atoms with Crippen molar-refractivity contribution in [3.8, 4) is 0 Å². The van der Waals surface area contributed by atoms with Gasteiger partial charge in [-0.2, -0.15) is 0 Å². The molecule has 0 aromatic heterocycles. The van der Waals surface area contributed by atoms with Gasteiger partial charge in [0.2, 0.25) is 5.91 Å². The van der Waals surface area contributed by atoms with Crippen LogP contribution in [0.25, 0.3) is 0 Å². The minimum absolute atomic E-state index is 0.0461. The molecular weight excluding hydrogens is 290 g/mol. The summed E-state index contributed by atoms with van der Waals surface area (Å²) in [5.41, 5.74) is 0.0461. The average molecular weight is 332 g/mol. The lowest BCUT2D eigenvalue weighted by Crippen LogP contribution is -2.27. The quantitative estimate of drug-likeness (QED) is 0.508. The summed E-state index contributed by atoms with van der Waals surface area (Å²) in [6, 6.07) is 0. The van der Waals surface area contributed by atoms with Gasteiger partial charge in [-0.3, -0.25) is 4.79 Å². The average Bonchev–Trinajstić information content (AvgIpc) is 2.51. The lowest BCUT2D eigenvalue weighted by Gasteiger charge is -2.24. The molecule has 140 valence electrons. The van der Waals surface area contributed by atoms with E-state index in [0.717, 1.165) is 32.0 Å². The molecule has 0 aliphatic rings. The topological polar surface area (TPSA) is 47.6 Å². The van der Waals surface area contributed by atoms with Gasteiger partial charge in [-0.1, -0.05) is 48.5 Å². The SMILES string of the molecule is CC.CCC(=O)NCCCOCC(C)(C)COCCCC(C)C. The van der Waals surface area contributed by atoms with Gasteiger partial charge < -0.3 is 14.8 Å². The maximum atomic E-state index is 11.0. The van der Waals surface area contributed by atoms with Gasteiger partial charge in [-0.25, -0.2) is 0 Å². The monoisotopic (exact) mass is 331 g/mol. The Hall–Kier alpha value is -0.610. The van der Waals surface area contributed by atoms with E-state index in [0.29, 0.717) is 26.2 Å². The van der Waals surface area contributed by atoms with E-state index in [1.165, 1.54) is 6.42 Å². The van der Waals surface area contributed by atoms with Crippen molar-refractivity contribution in [2.75, 3.05) is 33.0 Å². The van der Waals surface area contributed by atoms with E-state index in [1.54, 1.807) is 0 Å². The normalized spacial score (nSPS) is 11.1. The number of carbonyl (C=O) groups excluding carboxylic acids is 1. The Morgan fingerprint density at radius 3 is 2.04 bits per heavy atom. The largest absolute Gasteiger partial charge is 0.381 e. The Balaban J connectivity index is 0. The van der Waals surface area contributed by atoms with Crippen LogP contribution in [-0.4, -0.2) is 38.9 Å². The van der Waals surface area contributed by atoms with Crippen molar-refractivity contribution in [2.24, 2.45) is 11.3 Å². The molecule has 1 N–H and O–H groups in total. The highest BCUT2D eigenvalue weighted by Crippen LogP contribution is 2.16. The molecule has 0 fully saturated rings. The molecule has 0 aromatic carbocycles. The fourth-order valence-electron chi connectivity index (χ4n) is 1.86. The molecule has 0 bridgehead atoms. The molecule has 0 radical (unpaired) electrons. The second kappa shape index (κ2) is 16.3. The molecule has 0 saturated carbocycles. The second-order valence-corrected chi connectivity index (χ2v) is 6.86. The second-order valence-electron chi connectivity index (χ2n) is 6.86. The predicted molar refractivity (Wildman–Crippen MR) is 98.8 cm³/mol. The molecule has 0 heterocycles. The fourth-order valence-corrected chi connectivity index (χ4v) is 1.86. The van der Waals surface area contributed by atoms with E-state index in [4.69, 9.17) is 9.47 Å². The van der Waals surface area contributed by atoms with Crippen LogP contribution in [0.5, 0.6) is 0 Å². The van der Waals surface area contributed by atoms with Crippen molar-refractivity contribution in [3.63, 3.8) is 0 Å². The highest BCUT2D eigenvalue weighted by Gasteiger charge is 2.18. The van der Waals surface area contributed by atoms with Crippen LogP contribution < -0.4 is 5.32 Å². The van der Waals surface area contributed by atoms with Gasteiger partial charge in [0.25, 0.3) is 0 Å². The van der Waals surface area contributed by atoms with E-state index in [1.807, 2.05) is 20.8 Å². The first-order valence-electron chi connectivity index (χ1n) is 9.29. The minimum atomic E-state index is 0.0461. The summed E-state index contributed by atoms with van der Waals surface area (Å²) in [6.07, 6.45) is 3.76. The Morgan fingerprint density at radius 2 is 1.57 bits per heavy atom. The zero-order valence-electron chi connectivity index (χ0n) is 16.7. The van der Waals surface area contributed by atoms with Crippen molar-refractivity contribution in [1.82, 2.24) is 5.32 Å². The lowest BCUT2D eigenvalue weighted by atomic mass is 9.96. The summed E-state index contributed by atoms with van der Waals surface area (Å²) in [6.45, 7) is 18.3. The summed E-state index contributed by atoms with van der Waals surface area (Å²) in [4.78, 5) is 11.0. The van der Waals surface area contributed by atoms with Crippen molar-refractivity contribution >= 4 is 5.91 Å².